The molecule has 4 aromatic rings. The minimum absolute atomic E-state index is 0.0731. The molecular formula is C29H25N5O6. The SMILES string of the molecule is N#CC(=C1CCN(C(=O)C(=O)c2c[nH]c3c(-n4c(O)c(CCC(=O)O)[nH]c4=O)cccc23)CC1)c1ccccc1. The molecule has 11 nitrogen and oxygen atoms in total. The number of nitrogens with zero attached hydrogens (tertiary/aromatic N) is 3. The molecule has 0 atom stereocenters. The number of aryl methyl sites for hydroxylation is 1. The van der Waals surface area contributed by atoms with Crippen LogP contribution in [-0.2, 0) is 16.0 Å². The largest absolute Gasteiger partial charge is 0.493 e. The second-order valence-corrected chi connectivity index (χ2v) is 9.44. The van der Waals surface area contributed by atoms with E-state index in [0.29, 0.717) is 42.4 Å². The number of aromatic amines is 2. The first-order chi connectivity index (χ1) is 19.3. The number of rotatable bonds is 7. The number of likely N-dealkylation sites (tertiary alicyclic amines) is 1. The first-order valence-electron chi connectivity index (χ1n) is 12.7. The molecular weight excluding hydrogens is 514 g/mol. The number of carbonyl (C=O) groups is 3. The standard InChI is InChI=1S/C29H25N5O6/c30-15-20(17-5-2-1-3-6-17)18-11-13-33(14-12-18)28(39)26(37)21-16-31-25-19(21)7-4-8-23(25)34-27(38)22(32-29(34)40)9-10-24(35)36/h1-8,16,31,38H,9-14H2,(H,32,40)(H,35,36). The molecule has 1 saturated heterocycles. The van der Waals surface area contributed by atoms with Crippen molar-refractivity contribution in [2.45, 2.75) is 25.7 Å². The van der Waals surface area contributed by atoms with Crippen molar-refractivity contribution in [3.63, 3.8) is 0 Å². The molecule has 40 heavy (non-hydrogen) atoms. The summed E-state index contributed by atoms with van der Waals surface area (Å²) < 4.78 is 0.990. The second-order valence-electron chi connectivity index (χ2n) is 9.44. The quantitative estimate of drug-likeness (QED) is 0.159. The number of aromatic hydroxyl groups is 1. The number of allylic oxidation sites excluding steroid dienone is 1. The third-order valence-corrected chi connectivity index (χ3v) is 7.09. The lowest BCUT2D eigenvalue weighted by Crippen LogP contribution is -2.40. The number of aliphatic carboxylic acids is 1. The number of carboxylic acid groups (broad SMARTS) is 1. The average Bonchev–Trinajstić information content (AvgIpc) is 3.52. The van der Waals surface area contributed by atoms with Gasteiger partial charge in [-0.25, -0.2) is 9.36 Å². The summed E-state index contributed by atoms with van der Waals surface area (Å²) in [5.41, 5.74) is 2.48. The molecule has 5 rings (SSSR count). The summed E-state index contributed by atoms with van der Waals surface area (Å²) in [6, 6.07) is 16.4. The number of nitrogens with one attached hydrogen (secondary N) is 2. The number of ketones is 1. The molecule has 2 aromatic carbocycles. The minimum Gasteiger partial charge on any atom is -0.493 e. The summed E-state index contributed by atoms with van der Waals surface area (Å²) in [6.45, 7) is 0.606. The maximum absolute atomic E-state index is 13.3. The Kier molecular flexibility index (Phi) is 7.07. The number of para-hydroxylation sites is 1. The van der Waals surface area contributed by atoms with Crippen molar-refractivity contribution in [2.75, 3.05) is 13.1 Å². The van der Waals surface area contributed by atoms with Gasteiger partial charge in [0, 0.05) is 31.1 Å². The van der Waals surface area contributed by atoms with Gasteiger partial charge < -0.3 is 25.1 Å². The number of aromatic nitrogens is 3. The summed E-state index contributed by atoms with van der Waals surface area (Å²) in [5.74, 6) is -2.88. The van der Waals surface area contributed by atoms with E-state index >= 15 is 0 Å². The van der Waals surface area contributed by atoms with Gasteiger partial charge in [0.1, 0.15) is 0 Å². The zero-order valence-corrected chi connectivity index (χ0v) is 21.3. The lowest BCUT2D eigenvalue weighted by atomic mass is 9.93. The molecule has 4 N–H and O–H groups in total. The van der Waals surface area contributed by atoms with Crippen LogP contribution >= 0.6 is 0 Å². The van der Waals surface area contributed by atoms with Crippen molar-refractivity contribution in [1.29, 1.82) is 5.26 Å². The molecule has 1 amide bonds. The monoisotopic (exact) mass is 539 g/mol. The zero-order chi connectivity index (χ0) is 28.4. The summed E-state index contributed by atoms with van der Waals surface area (Å²) in [6.07, 6.45) is 2.01. The Labute approximate surface area is 227 Å². The van der Waals surface area contributed by atoms with Gasteiger partial charge in [0.2, 0.25) is 5.88 Å². The van der Waals surface area contributed by atoms with Crippen LogP contribution in [0.25, 0.3) is 22.2 Å². The van der Waals surface area contributed by atoms with Crippen molar-refractivity contribution in [3.8, 4) is 17.6 Å². The van der Waals surface area contributed by atoms with Crippen molar-refractivity contribution in [1.82, 2.24) is 19.4 Å². The molecule has 1 aliphatic rings. The third-order valence-electron chi connectivity index (χ3n) is 7.09. The molecule has 0 radical (unpaired) electrons. The number of fused-ring (bicyclic) bond motifs is 1. The fourth-order valence-corrected chi connectivity index (χ4v) is 5.06. The molecule has 1 aliphatic heterocycles. The Morgan fingerprint density at radius 1 is 1.02 bits per heavy atom. The van der Waals surface area contributed by atoms with E-state index in [0.717, 1.165) is 15.7 Å². The zero-order valence-electron chi connectivity index (χ0n) is 21.3. The van der Waals surface area contributed by atoms with Crippen LogP contribution in [0.1, 0.15) is 40.9 Å². The van der Waals surface area contributed by atoms with Gasteiger partial charge in [0.15, 0.2) is 0 Å². The highest BCUT2D eigenvalue weighted by molar-refractivity contribution is 6.45. The van der Waals surface area contributed by atoms with E-state index in [1.54, 1.807) is 18.2 Å². The average molecular weight is 540 g/mol. The van der Waals surface area contributed by atoms with E-state index in [4.69, 9.17) is 5.11 Å². The topological polar surface area (TPSA) is 172 Å². The predicted octanol–water partition coefficient (Wildman–Crippen LogP) is 3.15. The number of piperidine rings is 1. The molecule has 3 heterocycles. The van der Waals surface area contributed by atoms with Crippen LogP contribution in [0, 0.1) is 11.3 Å². The van der Waals surface area contributed by atoms with Gasteiger partial charge in [-0.2, -0.15) is 5.26 Å². The molecule has 0 saturated carbocycles. The minimum atomic E-state index is -1.07. The number of nitriles is 1. The smallest absolute Gasteiger partial charge is 0.333 e. The summed E-state index contributed by atoms with van der Waals surface area (Å²) in [7, 11) is 0. The van der Waals surface area contributed by atoms with Crippen LogP contribution in [0.3, 0.4) is 0 Å². The van der Waals surface area contributed by atoms with Gasteiger partial charge in [-0.1, -0.05) is 42.5 Å². The third kappa shape index (κ3) is 4.78. The number of imidazole rings is 1. The number of benzene rings is 2. The number of H-pyrrole nitrogens is 2. The fraction of sp³-hybridized carbons (Fsp3) is 0.207. The first kappa shape index (κ1) is 26.2. The van der Waals surface area contributed by atoms with E-state index in [1.165, 1.54) is 11.1 Å². The van der Waals surface area contributed by atoms with Crippen molar-refractivity contribution < 1.29 is 24.6 Å². The van der Waals surface area contributed by atoms with Gasteiger partial charge in [-0.3, -0.25) is 14.4 Å². The van der Waals surface area contributed by atoms with Crippen LogP contribution < -0.4 is 5.69 Å². The molecule has 11 heteroatoms. The summed E-state index contributed by atoms with van der Waals surface area (Å²) in [5, 5.41) is 29.7. The van der Waals surface area contributed by atoms with Crippen LogP contribution in [0.2, 0.25) is 0 Å². The second kappa shape index (κ2) is 10.8. The Morgan fingerprint density at radius 2 is 1.75 bits per heavy atom. The first-order valence-corrected chi connectivity index (χ1v) is 12.7. The molecule has 0 aliphatic carbocycles. The molecule has 0 spiro atoms. The van der Waals surface area contributed by atoms with Crippen LogP contribution in [0.5, 0.6) is 5.88 Å². The van der Waals surface area contributed by atoms with Crippen molar-refractivity contribution in [3.05, 3.63) is 87.6 Å². The van der Waals surface area contributed by atoms with E-state index < -0.39 is 29.2 Å². The van der Waals surface area contributed by atoms with Gasteiger partial charge in [-0.15, -0.1) is 0 Å². The Morgan fingerprint density at radius 3 is 2.42 bits per heavy atom. The van der Waals surface area contributed by atoms with E-state index in [-0.39, 0.29) is 29.8 Å². The number of hydrogen-bond acceptors (Lipinski definition) is 6. The number of Topliss-reactive ketones (excluding diaryl/α,β-unsaturated/α-hetero) is 1. The Balaban J connectivity index is 1.38. The van der Waals surface area contributed by atoms with E-state index in [2.05, 4.69) is 16.0 Å². The molecule has 0 bridgehead atoms. The molecule has 1 fully saturated rings. The predicted molar refractivity (Wildman–Crippen MR) is 145 cm³/mol. The Hall–Kier alpha value is -5.37. The maximum atomic E-state index is 13.3. The van der Waals surface area contributed by atoms with Gasteiger partial charge in [0.05, 0.1) is 40.5 Å². The molecule has 0 unspecified atom stereocenters. The molecule has 202 valence electrons. The van der Waals surface area contributed by atoms with Crippen molar-refractivity contribution in [2.24, 2.45) is 0 Å². The van der Waals surface area contributed by atoms with Crippen LogP contribution in [-0.4, -0.2) is 60.4 Å². The van der Waals surface area contributed by atoms with Crippen LogP contribution in [0.15, 0.2) is 65.1 Å². The molecule has 2 aromatic heterocycles. The van der Waals surface area contributed by atoms with E-state index in [9.17, 15) is 29.5 Å². The number of carboxylic acids is 1. The number of carbonyl (C=O) groups excluding carboxylic acids is 2. The fourth-order valence-electron chi connectivity index (χ4n) is 5.06. The highest BCUT2D eigenvalue weighted by Gasteiger charge is 2.29. The highest BCUT2D eigenvalue weighted by atomic mass is 16.4. The number of amides is 1. The lowest BCUT2D eigenvalue weighted by molar-refractivity contribution is -0.137. The van der Waals surface area contributed by atoms with Gasteiger partial charge in [-0.05, 0) is 30.0 Å². The highest BCUT2D eigenvalue weighted by Crippen LogP contribution is 2.30. The van der Waals surface area contributed by atoms with Crippen molar-refractivity contribution >= 4 is 34.1 Å². The van der Waals surface area contributed by atoms with Gasteiger partial charge in [0.25, 0.3) is 11.7 Å². The van der Waals surface area contributed by atoms with E-state index in [1.807, 2.05) is 30.3 Å². The van der Waals surface area contributed by atoms with Gasteiger partial charge >= 0.3 is 11.7 Å². The summed E-state index contributed by atoms with van der Waals surface area (Å²) >= 11 is 0. The summed E-state index contributed by atoms with van der Waals surface area (Å²) in [4.78, 5) is 56.9. The Bertz CT molecular complexity index is 1760. The number of hydrogen-bond donors (Lipinski definition) is 4. The lowest BCUT2D eigenvalue weighted by Gasteiger charge is -2.28. The van der Waals surface area contributed by atoms with Crippen LogP contribution in [0.4, 0.5) is 0 Å². The normalized spacial score (nSPS) is 13.3. The maximum Gasteiger partial charge on any atom is 0.333 e.